The molecule has 0 spiro atoms. The number of benzene rings is 1. The Balaban J connectivity index is 1.72. The number of nitrogens with one attached hydrogen (secondary N) is 1. The van der Waals surface area contributed by atoms with Gasteiger partial charge in [-0.1, -0.05) is 61.0 Å². The van der Waals surface area contributed by atoms with Gasteiger partial charge in [0.05, 0.1) is 0 Å². The summed E-state index contributed by atoms with van der Waals surface area (Å²) in [6.07, 6.45) is 10.9. The van der Waals surface area contributed by atoms with E-state index in [1.54, 1.807) is 5.56 Å². The molecule has 0 radical (unpaired) electrons. The van der Waals surface area contributed by atoms with Crippen molar-refractivity contribution in [2.45, 2.75) is 58.3 Å². The number of hydrogen-bond acceptors (Lipinski definition) is 0. The summed E-state index contributed by atoms with van der Waals surface area (Å²) >= 11 is 3.57. The predicted octanol–water partition coefficient (Wildman–Crippen LogP) is 6.01. The largest absolute Gasteiger partial charge is 0.358 e. The van der Waals surface area contributed by atoms with Crippen molar-refractivity contribution in [3.63, 3.8) is 0 Å². The zero-order valence-electron chi connectivity index (χ0n) is 12.3. The summed E-state index contributed by atoms with van der Waals surface area (Å²) in [5, 5.41) is 1.45. The summed E-state index contributed by atoms with van der Waals surface area (Å²) in [4.78, 5) is 3.62. The number of aromatic amines is 1. The van der Waals surface area contributed by atoms with E-state index in [1.165, 1.54) is 72.4 Å². The van der Waals surface area contributed by atoms with Gasteiger partial charge in [-0.2, -0.15) is 0 Å². The zero-order valence-corrected chi connectivity index (χ0v) is 13.9. The Hall–Kier alpha value is -0.760. The second kappa shape index (κ2) is 6.34. The first-order chi connectivity index (χ1) is 9.78. The SMILES string of the molecule is CCCCCCC1CCc2[nH]c3cc(Br)ccc3c2C1. The van der Waals surface area contributed by atoms with Crippen molar-refractivity contribution in [3.8, 4) is 0 Å². The summed E-state index contributed by atoms with van der Waals surface area (Å²) in [6, 6.07) is 6.65. The van der Waals surface area contributed by atoms with Crippen LogP contribution in [0.5, 0.6) is 0 Å². The highest BCUT2D eigenvalue weighted by Gasteiger charge is 2.22. The maximum Gasteiger partial charge on any atom is 0.0470 e. The first-order valence-electron chi connectivity index (χ1n) is 8.07. The van der Waals surface area contributed by atoms with Gasteiger partial charge < -0.3 is 4.98 Å². The molecule has 0 saturated carbocycles. The molecule has 0 bridgehead atoms. The standard InChI is InChI=1S/C18H24BrN/c1-2-3-4-5-6-13-7-10-17-16(11-13)15-9-8-14(19)12-18(15)20-17/h8-9,12-13,20H,2-7,10-11H2,1H3. The topological polar surface area (TPSA) is 15.8 Å². The highest BCUT2D eigenvalue weighted by molar-refractivity contribution is 9.10. The normalized spacial score (nSPS) is 18.4. The zero-order chi connectivity index (χ0) is 13.9. The molecule has 1 aromatic carbocycles. The van der Waals surface area contributed by atoms with Crippen LogP contribution in [0.1, 0.15) is 56.7 Å². The first kappa shape index (κ1) is 14.2. The Kier molecular flexibility index (Phi) is 4.50. The van der Waals surface area contributed by atoms with Crippen molar-refractivity contribution in [2.75, 3.05) is 0 Å². The molecule has 3 rings (SSSR count). The quantitative estimate of drug-likeness (QED) is 0.645. The van der Waals surface area contributed by atoms with Crippen LogP contribution in [-0.2, 0) is 12.8 Å². The highest BCUT2D eigenvalue weighted by atomic mass is 79.9. The maximum absolute atomic E-state index is 3.62. The molecular formula is C18H24BrN. The number of rotatable bonds is 5. The van der Waals surface area contributed by atoms with Crippen molar-refractivity contribution < 1.29 is 0 Å². The van der Waals surface area contributed by atoms with Gasteiger partial charge in [-0.15, -0.1) is 0 Å². The average Bonchev–Trinajstić information content (AvgIpc) is 2.80. The Bertz CT molecular complexity index is 584. The van der Waals surface area contributed by atoms with Crippen LogP contribution in [0, 0.1) is 5.92 Å². The van der Waals surface area contributed by atoms with Gasteiger partial charge in [-0.25, -0.2) is 0 Å². The lowest BCUT2D eigenvalue weighted by atomic mass is 9.83. The number of aromatic nitrogens is 1. The monoisotopic (exact) mass is 333 g/mol. The number of halogens is 1. The molecule has 108 valence electrons. The van der Waals surface area contributed by atoms with Crippen LogP contribution in [0.2, 0.25) is 0 Å². The minimum Gasteiger partial charge on any atom is -0.358 e. The van der Waals surface area contributed by atoms with Crippen molar-refractivity contribution in [1.29, 1.82) is 0 Å². The van der Waals surface area contributed by atoms with Crippen LogP contribution >= 0.6 is 15.9 Å². The fourth-order valence-corrected chi connectivity index (χ4v) is 3.94. The molecule has 1 heterocycles. The molecule has 0 fully saturated rings. The van der Waals surface area contributed by atoms with E-state index in [-0.39, 0.29) is 0 Å². The molecule has 1 aliphatic rings. The van der Waals surface area contributed by atoms with Gasteiger partial charge >= 0.3 is 0 Å². The second-order valence-corrected chi connectivity index (χ2v) is 7.15. The van der Waals surface area contributed by atoms with Crippen LogP contribution in [0.4, 0.5) is 0 Å². The predicted molar refractivity (Wildman–Crippen MR) is 90.3 cm³/mol. The lowest BCUT2D eigenvalue weighted by molar-refractivity contribution is 0.405. The van der Waals surface area contributed by atoms with Gasteiger partial charge in [-0.3, -0.25) is 0 Å². The molecule has 2 heteroatoms. The summed E-state index contributed by atoms with van der Waals surface area (Å²) in [5.41, 5.74) is 4.39. The van der Waals surface area contributed by atoms with Gasteiger partial charge in [0.1, 0.15) is 0 Å². The van der Waals surface area contributed by atoms with E-state index >= 15 is 0 Å². The smallest absolute Gasteiger partial charge is 0.0470 e. The summed E-state index contributed by atoms with van der Waals surface area (Å²) in [7, 11) is 0. The van der Waals surface area contributed by atoms with Crippen molar-refractivity contribution in [2.24, 2.45) is 5.92 Å². The minimum absolute atomic E-state index is 0.905. The van der Waals surface area contributed by atoms with Gasteiger partial charge in [0, 0.05) is 21.1 Å². The molecule has 1 N–H and O–H groups in total. The number of H-pyrrole nitrogens is 1. The summed E-state index contributed by atoms with van der Waals surface area (Å²) in [6.45, 7) is 2.29. The van der Waals surface area contributed by atoms with Crippen LogP contribution in [-0.4, -0.2) is 4.98 Å². The average molecular weight is 334 g/mol. The lowest BCUT2D eigenvalue weighted by Gasteiger charge is -2.22. The van der Waals surface area contributed by atoms with Crippen LogP contribution in [0.3, 0.4) is 0 Å². The number of aryl methyl sites for hydroxylation is 1. The minimum atomic E-state index is 0.905. The molecule has 1 aliphatic carbocycles. The molecule has 1 unspecified atom stereocenters. The van der Waals surface area contributed by atoms with E-state index in [1.807, 2.05) is 0 Å². The maximum atomic E-state index is 3.62. The summed E-state index contributed by atoms with van der Waals surface area (Å²) < 4.78 is 1.17. The van der Waals surface area contributed by atoms with E-state index in [2.05, 4.69) is 46.0 Å². The molecule has 0 aliphatic heterocycles. The number of hydrogen-bond donors (Lipinski definition) is 1. The van der Waals surface area contributed by atoms with Gasteiger partial charge in [0.25, 0.3) is 0 Å². The fraction of sp³-hybridized carbons (Fsp3) is 0.556. The number of fused-ring (bicyclic) bond motifs is 3. The molecule has 0 amide bonds. The lowest BCUT2D eigenvalue weighted by Crippen LogP contribution is -2.13. The Labute approximate surface area is 130 Å². The van der Waals surface area contributed by atoms with E-state index in [9.17, 15) is 0 Å². The number of unbranched alkanes of at least 4 members (excludes halogenated alkanes) is 3. The Morgan fingerprint density at radius 3 is 3.00 bits per heavy atom. The molecule has 20 heavy (non-hydrogen) atoms. The van der Waals surface area contributed by atoms with Gasteiger partial charge in [-0.05, 0) is 42.9 Å². The van der Waals surface area contributed by atoms with Crippen molar-refractivity contribution >= 4 is 26.8 Å². The van der Waals surface area contributed by atoms with E-state index in [4.69, 9.17) is 0 Å². The Morgan fingerprint density at radius 1 is 1.25 bits per heavy atom. The molecule has 2 aromatic rings. The second-order valence-electron chi connectivity index (χ2n) is 6.23. The fourth-order valence-electron chi connectivity index (χ4n) is 3.58. The molecule has 1 nitrogen and oxygen atoms in total. The molecule has 1 atom stereocenters. The Morgan fingerprint density at radius 2 is 2.15 bits per heavy atom. The first-order valence-corrected chi connectivity index (χ1v) is 8.86. The molecular weight excluding hydrogens is 310 g/mol. The van der Waals surface area contributed by atoms with Gasteiger partial charge in [0.15, 0.2) is 0 Å². The van der Waals surface area contributed by atoms with Crippen LogP contribution in [0.15, 0.2) is 22.7 Å². The third kappa shape index (κ3) is 2.95. The molecule has 1 aromatic heterocycles. The van der Waals surface area contributed by atoms with Crippen LogP contribution < -0.4 is 0 Å². The van der Waals surface area contributed by atoms with Crippen molar-refractivity contribution in [1.82, 2.24) is 4.98 Å². The van der Waals surface area contributed by atoms with Crippen LogP contribution in [0.25, 0.3) is 10.9 Å². The molecule has 0 saturated heterocycles. The van der Waals surface area contributed by atoms with Crippen molar-refractivity contribution in [3.05, 3.63) is 33.9 Å². The third-order valence-corrected chi connectivity index (χ3v) is 5.21. The van der Waals surface area contributed by atoms with E-state index in [0.717, 1.165) is 5.92 Å². The highest BCUT2D eigenvalue weighted by Crippen LogP contribution is 2.34. The van der Waals surface area contributed by atoms with Gasteiger partial charge in [0.2, 0.25) is 0 Å². The van der Waals surface area contributed by atoms with E-state index in [0.29, 0.717) is 0 Å². The van der Waals surface area contributed by atoms with E-state index < -0.39 is 0 Å². The third-order valence-electron chi connectivity index (χ3n) is 4.72. The summed E-state index contributed by atoms with van der Waals surface area (Å²) in [5.74, 6) is 0.905.